The molecular formula is C14H19BrN2O. The van der Waals surface area contributed by atoms with Gasteiger partial charge in [0, 0.05) is 30.5 Å². The molecule has 1 aliphatic heterocycles. The number of halogens is 1. The molecule has 1 unspecified atom stereocenters. The molecule has 1 aromatic rings. The topological polar surface area (TPSA) is 32.3 Å². The lowest BCUT2D eigenvalue weighted by Gasteiger charge is -2.19. The van der Waals surface area contributed by atoms with Crippen molar-refractivity contribution < 1.29 is 4.79 Å². The van der Waals surface area contributed by atoms with E-state index in [1.807, 2.05) is 36.2 Å². The van der Waals surface area contributed by atoms with Crippen molar-refractivity contribution in [1.29, 1.82) is 0 Å². The Morgan fingerprint density at radius 1 is 1.44 bits per heavy atom. The van der Waals surface area contributed by atoms with Crippen LogP contribution in [0.5, 0.6) is 0 Å². The molecule has 98 valence electrons. The summed E-state index contributed by atoms with van der Waals surface area (Å²) in [6, 6.07) is 8.48. The van der Waals surface area contributed by atoms with Gasteiger partial charge in [-0.25, -0.2) is 0 Å². The van der Waals surface area contributed by atoms with E-state index in [2.05, 4.69) is 21.2 Å². The molecule has 1 fully saturated rings. The van der Waals surface area contributed by atoms with Gasteiger partial charge in [0.2, 0.25) is 5.91 Å². The van der Waals surface area contributed by atoms with Crippen LogP contribution in [-0.2, 0) is 11.3 Å². The molecule has 0 spiro atoms. The minimum atomic E-state index is 0.220. The quantitative estimate of drug-likeness (QED) is 0.927. The molecule has 2 rings (SSSR count). The Bertz CT molecular complexity index is 399. The smallest absolute Gasteiger partial charge is 0.224 e. The summed E-state index contributed by atoms with van der Waals surface area (Å²) in [7, 11) is 1.87. The largest absolute Gasteiger partial charge is 0.341 e. The molecular weight excluding hydrogens is 292 g/mol. The van der Waals surface area contributed by atoms with Crippen molar-refractivity contribution >= 4 is 21.8 Å². The van der Waals surface area contributed by atoms with Crippen molar-refractivity contribution in [2.24, 2.45) is 0 Å². The molecule has 1 aliphatic rings. The highest BCUT2D eigenvalue weighted by atomic mass is 79.9. The molecule has 3 nitrogen and oxygen atoms in total. The summed E-state index contributed by atoms with van der Waals surface area (Å²) in [6.45, 7) is 1.73. The number of hydrogen-bond donors (Lipinski definition) is 1. The first-order valence-corrected chi connectivity index (χ1v) is 7.16. The number of nitrogens with one attached hydrogen (secondary N) is 1. The van der Waals surface area contributed by atoms with Gasteiger partial charge in [-0.1, -0.05) is 28.1 Å². The average molecular weight is 311 g/mol. The van der Waals surface area contributed by atoms with Crippen molar-refractivity contribution in [1.82, 2.24) is 10.2 Å². The molecule has 0 radical (unpaired) electrons. The van der Waals surface area contributed by atoms with Gasteiger partial charge in [0.1, 0.15) is 0 Å². The van der Waals surface area contributed by atoms with Crippen LogP contribution in [-0.4, -0.2) is 30.4 Å². The first-order chi connectivity index (χ1) is 8.65. The number of rotatable bonds is 4. The van der Waals surface area contributed by atoms with Crippen LogP contribution in [0.3, 0.4) is 0 Å². The summed E-state index contributed by atoms with van der Waals surface area (Å²) in [5.41, 5.74) is 1.16. The second-order valence-corrected chi connectivity index (χ2v) is 5.79. The van der Waals surface area contributed by atoms with Crippen LogP contribution >= 0.6 is 15.9 Å². The monoisotopic (exact) mass is 310 g/mol. The molecule has 1 amide bonds. The maximum atomic E-state index is 12.0. The van der Waals surface area contributed by atoms with Crippen LogP contribution in [0.25, 0.3) is 0 Å². The number of nitrogens with zero attached hydrogens (tertiary/aromatic N) is 1. The van der Waals surface area contributed by atoms with Gasteiger partial charge in [-0.15, -0.1) is 0 Å². The fourth-order valence-electron chi connectivity index (χ4n) is 2.25. The SMILES string of the molecule is CN(Cc1ccc(Br)cc1)C(=O)CC1CCCN1. The maximum absolute atomic E-state index is 12.0. The van der Waals surface area contributed by atoms with E-state index in [-0.39, 0.29) is 5.91 Å². The Morgan fingerprint density at radius 3 is 2.78 bits per heavy atom. The van der Waals surface area contributed by atoms with E-state index in [9.17, 15) is 4.79 Å². The molecule has 1 heterocycles. The van der Waals surface area contributed by atoms with Crippen LogP contribution in [0.2, 0.25) is 0 Å². The zero-order valence-electron chi connectivity index (χ0n) is 10.7. The van der Waals surface area contributed by atoms with E-state index in [1.165, 1.54) is 6.42 Å². The highest BCUT2D eigenvalue weighted by Crippen LogP contribution is 2.14. The predicted molar refractivity (Wildman–Crippen MR) is 76.3 cm³/mol. The summed E-state index contributed by atoms with van der Waals surface area (Å²) in [4.78, 5) is 13.9. The summed E-state index contributed by atoms with van der Waals surface area (Å²) in [5, 5.41) is 3.36. The third kappa shape index (κ3) is 3.82. The van der Waals surface area contributed by atoms with Crippen LogP contribution in [0.15, 0.2) is 28.7 Å². The van der Waals surface area contributed by atoms with Gasteiger partial charge < -0.3 is 10.2 Å². The first kappa shape index (κ1) is 13.6. The van der Waals surface area contributed by atoms with E-state index in [0.29, 0.717) is 19.0 Å². The zero-order chi connectivity index (χ0) is 13.0. The Labute approximate surface area is 117 Å². The highest BCUT2D eigenvalue weighted by molar-refractivity contribution is 9.10. The zero-order valence-corrected chi connectivity index (χ0v) is 12.2. The van der Waals surface area contributed by atoms with E-state index >= 15 is 0 Å². The minimum Gasteiger partial charge on any atom is -0.341 e. The molecule has 0 saturated carbocycles. The van der Waals surface area contributed by atoms with Crippen molar-refractivity contribution in [3.8, 4) is 0 Å². The Morgan fingerprint density at radius 2 is 2.17 bits per heavy atom. The normalized spacial score (nSPS) is 18.9. The number of amides is 1. The molecule has 18 heavy (non-hydrogen) atoms. The first-order valence-electron chi connectivity index (χ1n) is 6.37. The summed E-state index contributed by atoms with van der Waals surface area (Å²) >= 11 is 3.41. The Kier molecular flexibility index (Phi) is 4.78. The number of benzene rings is 1. The van der Waals surface area contributed by atoms with Gasteiger partial charge in [-0.2, -0.15) is 0 Å². The maximum Gasteiger partial charge on any atom is 0.224 e. The molecule has 1 N–H and O–H groups in total. The van der Waals surface area contributed by atoms with E-state index in [4.69, 9.17) is 0 Å². The lowest BCUT2D eigenvalue weighted by Crippen LogP contribution is -2.33. The fraction of sp³-hybridized carbons (Fsp3) is 0.500. The summed E-state index contributed by atoms with van der Waals surface area (Å²) < 4.78 is 1.07. The van der Waals surface area contributed by atoms with E-state index in [0.717, 1.165) is 23.0 Å². The number of carbonyl (C=O) groups excluding carboxylic acids is 1. The van der Waals surface area contributed by atoms with Crippen LogP contribution in [0.4, 0.5) is 0 Å². The van der Waals surface area contributed by atoms with Gasteiger partial charge in [0.15, 0.2) is 0 Å². The molecule has 0 bridgehead atoms. The molecule has 0 aromatic heterocycles. The molecule has 1 aromatic carbocycles. The summed E-state index contributed by atoms with van der Waals surface area (Å²) in [5.74, 6) is 0.220. The van der Waals surface area contributed by atoms with Crippen molar-refractivity contribution in [3.05, 3.63) is 34.3 Å². The lowest BCUT2D eigenvalue weighted by atomic mass is 10.1. The lowest BCUT2D eigenvalue weighted by molar-refractivity contribution is -0.130. The van der Waals surface area contributed by atoms with Gasteiger partial charge in [-0.05, 0) is 37.1 Å². The number of carbonyl (C=O) groups is 1. The molecule has 0 aliphatic carbocycles. The van der Waals surface area contributed by atoms with E-state index < -0.39 is 0 Å². The van der Waals surface area contributed by atoms with Crippen molar-refractivity contribution in [2.45, 2.75) is 31.8 Å². The van der Waals surface area contributed by atoms with Crippen LogP contribution in [0.1, 0.15) is 24.8 Å². The number of hydrogen-bond acceptors (Lipinski definition) is 2. The molecule has 1 atom stereocenters. The van der Waals surface area contributed by atoms with Gasteiger partial charge in [-0.3, -0.25) is 4.79 Å². The Hall–Kier alpha value is -0.870. The van der Waals surface area contributed by atoms with Gasteiger partial charge in [0.25, 0.3) is 0 Å². The standard InChI is InChI=1S/C14H19BrN2O/c1-17(10-11-4-6-12(15)7-5-11)14(18)9-13-3-2-8-16-13/h4-7,13,16H,2-3,8-10H2,1H3. The molecule has 4 heteroatoms. The predicted octanol–water partition coefficient (Wildman–Crippen LogP) is 2.55. The minimum absolute atomic E-state index is 0.220. The highest BCUT2D eigenvalue weighted by Gasteiger charge is 2.19. The molecule has 1 saturated heterocycles. The summed E-state index contributed by atoms with van der Waals surface area (Å²) in [6.07, 6.45) is 2.93. The van der Waals surface area contributed by atoms with Crippen LogP contribution < -0.4 is 5.32 Å². The third-order valence-electron chi connectivity index (χ3n) is 3.34. The second-order valence-electron chi connectivity index (χ2n) is 4.87. The fourth-order valence-corrected chi connectivity index (χ4v) is 2.51. The van der Waals surface area contributed by atoms with Crippen molar-refractivity contribution in [2.75, 3.05) is 13.6 Å². The van der Waals surface area contributed by atoms with Gasteiger partial charge in [0.05, 0.1) is 0 Å². The second kappa shape index (κ2) is 6.34. The van der Waals surface area contributed by atoms with Crippen LogP contribution in [0, 0.1) is 0 Å². The third-order valence-corrected chi connectivity index (χ3v) is 3.87. The van der Waals surface area contributed by atoms with Crippen molar-refractivity contribution in [3.63, 3.8) is 0 Å². The van der Waals surface area contributed by atoms with Gasteiger partial charge >= 0.3 is 0 Å². The Balaban J connectivity index is 1.84. The average Bonchev–Trinajstić information content (AvgIpc) is 2.85. The van der Waals surface area contributed by atoms with E-state index in [1.54, 1.807) is 0 Å².